The van der Waals surface area contributed by atoms with E-state index in [1.807, 2.05) is 23.1 Å². The lowest BCUT2D eigenvalue weighted by atomic mass is 9.95. The van der Waals surface area contributed by atoms with E-state index in [4.69, 9.17) is 0 Å². The maximum Gasteiger partial charge on any atom is 0.238 e. The molecule has 10 heteroatoms. The number of carbonyl (C=O) groups is 2. The van der Waals surface area contributed by atoms with E-state index < -0.39 is 5.82 Å². The van der Waals surface area contributed by atoms with Gasteiger partial charge in [0.25, 0.3) is 0 Å². The van der Waals surface area contributed by atoms with Crippen LogP contribution in [-0.2, 0) is 9.59 Å². The molecule has 31 heavy (non-hydrogen) atoms. The number of para-hydroxylation sites is 1. The van der Waals surface area contributed by atoms with Crippen LogP contribution in [0.15, 0.2) is 48.5 Å². The van der Waals surface area contributed by atoms with Crippen molar-refractivity contribution in [1.82, 2.24) is 25.5 Å². The number of nitrogens with one attached hydrogen (secondary N) is 3. The first-order valence-corrected chi connectivity index (χ1v) is 10.00. The molecule has 0 unspecified atom stereocenters. The van der Waals surface area contributed by atoms with Crippen molar-refractivity contribution in [2.75, 3.05) is 30.3 Å². The van der Waals surface area contributed by atoms with Gasteiger partial charge in [0.1, 0.15) is 5.82 Å². The third kappa shape index (κ3) is 5.28. The molecule has 0 spiro atoms. The number of rotatable bonds is 6. The Kier molecular flexibility index (Phi) is 6.27. The van der Waals surface area contributed by atoms with Gasteiger partial charge in [-0.05, 0) is 55.4 Å². The Bertz CT molecular complexity index is 1050. The molecule has 9 nitrogen and oxygen atoms in total. The van der Waals surface area contributed by atoms with E-state index in [2.05, 4.69) is 31.3 Å². The minimum absolute atomic E-state index is 0.0549. The number of tetrazole rings is 1. The molecular weight excluding hydrogens is 401 g/mol. The number of hydrogen-bond acceptors (Lipinski definition) is 6. The molecule has 160 valence electrons. The highest BCUT2D eigenvalue weighted by Gasteiger charge is 2.26. The number of likely N-dealkylation sites (tertiary alicyclic amines) is 1. The maximum absolute atomic E-state index is 13.7. The highest BCUT2D eigenvalue weighted by molar-refractivity contribution is 5.93. The summed E-state index contributed by atoms with van der Waals surface area (Å²) in [5, 5.41) is 19.4. The second-order valence-electron chi connectivity index (χ2n) is 7.38. The number of aromatic nitrogens is 4. The van der Waals surface area contributed by atoms with Gasteiger partial charge in [0.05, 0.1) is 12.2 Å². The van der Waals surface area contributed by atoms with Crippen molar-refractivity contribution in [3.63, 3.8) is 0 Å². The lowest BCUT2D eigenvalue weighted by Crippen LogP contribution is -2.41. The fourth-order valence-corrected chi connectivity index (χ4v) is 3.57. The highest BCUT2D eigenvalue weighted by Crippen LogP contribution is 2.22. The summed E-state index contributed by atoms with van der Waals surface area (Å²) >= 11 is 0. The standard InChI is InChI=1S/C21H22FN7O2/c22-17-6-1-2-7-18(17)24-19(30)13-29-10-8-14(9-11-29)21(31)23-16-5-3-4-15(12-16)20-25-27-28-26-20/h1-7,12,14H,8-11,13H2,(H,23,31)(H,24,30)(H,25,26,27,28). The summed E-state index contributed by atoms with van der Waals surface area (Å²) in [6.45, 7) is 1.40. The number of carbonyl (C=O) groups excluding carboxylic acids is 2. The molecule has 2 heterocycles. The Hall–Kier alpha value is -3.66. The van der Waals surface area contributed by atoms with E-state index in [0.717, 1.165) is 5.56 Å². The maximum atomic E-state index is 13.7. The summed E-state index contributed by atoms with van der Waals surface area (Å²) in [6, 6.07) is 13.3. The van der Waals surface area contributed by atoms with Crippen LogP contribution in [0.4, 0.5) is 15.8 Å². The van der Waals surface area contributed by atoms with E-state index in [9.17, 15) is 14.0 Å². The minimum atomic E-state index is -0.463. The number of amides is 2. The fourth-order valence-electron chi connectivity index (χ4n) is 3.57. The van der Waals surface area contributed by atoms with E-state index in [0.29, 0.717) is 37.4 Å². The van der Waals surface area contributed by atoms with E-state index in [1.54, 1.807) is 18.2 Å². The number of hydrogen-bond donors (Lipinski definition) is 3. The van der Waals surface area contributed by atoms with Gasteiger partial charge in [-0.25, -0.2) is 4.39 Å². The highest BCUT2D eigenvalue weighted by atomic mass is 19.1. The SMILES string of the molecule is O=C(CN1CCC(C(=O)Nc2cccc(-c3nn[nH]n3)c2)CC1)Nc1ccccc1F. The summed E-state index contributed by atoms with van der Waals surface area (Å²) in [7, 11) is 0. The van der Waals surface area contributed by atoms with Crippen molar-refractivity contribution in [1.29, 1.82) is 0 Å². The first-order valence-electron chi connectivity index (χ1n) is 10.00. The zero-order chi connectivity index (χ0) is 21.6. The number of anilines is 2. The number of H-pyrrole nitrogens is 1. The van der Waals surface area contributed by atoms with Crippen LogP contribution in [0.25, 0.3) is 11.4 Å². The molecule has 2 aromatic carbocycles. The van der Waals surface area contributed by atoms with Gasteiger partial charge in [0.15, 0.2) is 0 Å². The van der Waals surface area contributed by atoms with Crippen LogP contribution >= 0.6 is 0 Å². The fraction of sp³-hybridized carbons (Fsp3) is 0.286. The lowest BCUT2D eigenvalue weighted by Gasteiger charge is -2.30. The molecule has 1 aliphatic rings. The Morgan fingerprint density at radius 1 is 1.10 bits per heavy atom. The number of piperidine rings is 1. The molecule has 1 aliphatic heterocycles. The molecule has 4 rings (SSSR count). The second-order valence-corrected chi connectivity index (χ2v) is 7.38. The van der Waals surface area contributed by atoms with E-state index in [1.165, 1.54) is 12.1 Å². The Balaban J connectivity index is 1.26. The van der Waals surface area contributed by atoms with Gasteiger partial charge in [0, 0.05) is 17.2 Å². The Labute approximate surface area is 178 Å². The molecule has 0 saturated carbocycles. The van der Waals surface area contributed by atoms with Crippen LogP contribution < -0.4 is 10.6 Å². The zero-order valence-electron chi connectivity index (χ0n) is 16.7. The predicted molar refractivity (Wildman–Crippen MR) is 112 cm³/mol. The number of nitrogens with zero attached hydrogens (tertiary/aromatic N) is 4. The number of aromatic amines is 1. The molecule has 3 aromatic rings. The molecule has 1 aromatic heterocycles. The van der Waals surface area contributed by atoms with Gasteiger partial charge in [-0.15, -0.1) is 10.2 Å². The average molecular weight is 423 g/mol. The normalized spacial score (nSPS) is 14.9. The van der Waals surface area contributed by atoms with Crippen molar-refractivity contribution >= 4 is 23.2 Å². The molecule has 2 amide bonds. The van der Waals surface area contributed by atoms with Gasteiger partial charge in [-0.3, -0.25) is 14.5 Å². The van der Waals surface area contributed by atoms with Gasteiger partial charge in [-0.2, -0.15) is 5.21 Å². The molecule has 1 saturated heterocycles. The number of halogens is 1. The molecule has 0 atom stereocenters. The Morgan fingerprint density at radius 2 is 1.90 bits per heavy atom. The third-order valence-electron chi connectivity index (χ3n) is 5.21. The quantitative estimate of drug-likeness (QED) is 0.560. The summed E-state index contributed by atoms with van der Waals surface area (Å²) in [5.41, 5.74) is 1.59. The van der Waals surface area contributed by atoms with Crippen molar-refractivity contribution in [2.45, 2.75) is 12.8 Å². The van der Waals surface area contributed by atoms with E-state index in [-0.39, 0.29) is 30.0 Å². The van der Waals surface area contributed by atoms with Crippen molar-refractivity contribution in [3.8, 4) is 11.4 Å². The Morgan fingerprint density at radius 3 is 2.65 bits per heavy atom. The third-order valence-corrected chi connectivity index (χ3v) is 5.21. The van der Waals surface area contributed by atoms with Crippen molar-refractivity contribution in [3.05, 3.63) is 54.3 Å². The van der Waals surface area contributed by atoms with Crippen molar-refractivity contribution in [2.24, 2.45) is 5.92 Å². The molecule has 1 fully saturated rings. The largest absolute Gasteiger partial charge is 0.326 e. The van der Waals surface area contributed by atoms with Gasteiger partial charge in [-0.1, -0.05) is 24.3 Å². The predicted octanol–water partition coefficient (Wildman–Crippen LogP) is 2.29. The summed E-state index contributed by atoms with van der Waals surface area (Å²) in [5.74, 6) is -0.473. The minimum Gasteiger partial charge on any atom is -0.326 e. The molecular formula is C21H22FN7O2. The first-order chi connectivity index (χ1) is 15.1. The smallest absolute Gasteiger partial charge is 0.238 e. The van der Waals surface area contributed by atoms with Gasteiger partial charge in [0.2, 0.25) is 17.6 Å². The first kappa shape index (κ1) is 20.6. The van der Waals surface area contributed by atoms with Gasteiger partial charge >= 0.3 is 0 Å². The summed E-state index contributed by atoms with van der Waals surface area (Å²) in [6.07, 6.45) is 1.28. The van der Waals surface area contributed by atoms with Crippen LogP contribution in [0.2, 0.25) is 0 Å². The molecule has 0 bridgehead atoms. The summed E-state index contributed by atoms with van der Waals surface area (Å²) in [4.78, 5) is 26.8. The molecule has 0 radical (unpaired) electrons. The monoisotopic (exact) mass is 423 g/mol. The number of benzene rings is 2. The van der Waals surface area contributed by atoms with Crippen LogP contribution in [0.1, 0.15) is 12.8 Å². The topological polar surface area (TPSA) is 116 Å². The lowest BCUT2D eigenvalue weighted by molar-refractivity contribution is -0.121. The van der Waals surface area contributed by atoms with Gasteiger partial charge < -0.3 is 10.6 Å². The van der Waals surface area contributed by atoms with Crippen LogP contribution in [0.3, 0.4) is 0 Å². The average Bonchev–Trinajstić information content (AvgIpc) is 3.31. The molecule has 3 N–H and O–H groups in total. The van der Waals surface area contributed by atoms with Crippen molar-refractivity contribution < 1.29 is 14.0 Å². The molecule has 0 aliphatic carbocycles. The second kappa shape index (κ2) is 9.43. The van der Waals surface area contributed by atoms with Crippen LogP contribution in [0, 0.1) is 11.7 Å². The van der Waals surface area contributed by atoms with E-state index >= 15 is 0 Å². The van der Waals surface area contributed by atoms with Crippen LogP contribution in [-0.4, -0.2) is 57.0 Å². The summed E-state index contributed by atoms with van der Waals surface area (Å²) < 4.78 is 13.7. The zero-order valence-corrected chi connectivity index (χ0v) is 16.7. The van der Waals surface area contributed by atoms with Crippen LogP contribution in [0.5, 0.6) is 0 Å².